The molecule has 0 aliphatic heterocycles. The lowest BCUT2D eigenvalue weighted by Crippen LogP contribution is -2.13. The number of carbonyl (C=O) groups is 1. The summed E-state index contributed by atoms with van der Waals surface area (Å²) < 4.78 is 48.1. The number of hydrogen-bond acceptors (Lipinski definition) is 2. The molecule has 0 amide bonds. The van der Waals surface area contributed by atoms with Gasteiger partial charge in [-0.2, -0.15) is 13.2 Å². The molecule has 0 saturated carbocycles. The predicted octanol–water partition coefficient (Wildman–Crippen LogP) is 6.02. The number of aryl methyl sites for hydroxylation is 2. The SMILES string of the molecule is Cc1ccc(-n2ccc(C(F)(F)F)c2COc2ccc(CCC(=O)O)c(C)c2C)cc1. The van der Waals surface area contributed by atoms with E-state index >= 15 is 0 Å². The lowest BCUT2D eigenvalue weighted by Gasteiger charge is -2.17. The summed E-state index contributed by atoms with van der Waals surface area (Å²) >= 11 is 0. The molecule has 1 aromatic heterocycles. The van der Waals surface area contributed by atoms with Crippen molar-refractivity contribution in [2.75, 3.05) is 0 Å². The van der Waals surface area contributed by atoms with Crippen LogP contribution in [0.15, 0.2) is 48.7 Å². The molecular formula is C24H24F3NO3. The van der Waals surface area contributed by atoms with Gasteiger partial charge in [-0.25, -0.2) is 0 Å². The van der Waals surface area contributed by atoms with E-state index in [0.717, 1.165) is 28.3 Å². The Balaban J connectivity index is 1.90. The molecule has 0 atom stereocenters. The number of nitrogens with zero attached hydrogens (tertiary/aromatic N) is 1. The Bertz CT molecular complexity index is 1080. The molecule has 31 heavy (non-hydrogen) atoms. The van der Waals surface area contributed by atoms with Crippen molar-refractivity contribution in [2.45, 2.75) is 46.4 Å². The lowest BCUT2D eigenvalue weighted by molar-refractivity contribution is -0.139. The normalized spacial score (nSPS) is 11.5. The first-order valence-corrected chi connectivity index (χ1v) is 9.86. The number of aromatic nitrogens is 1. The fourth-order valence-electron chi connectivity index (χ4n) is 3.48. The summed E-state index contributed by atoms with van der Waals surface area (Å²) in [6, 6.07) is 11.7. The van der Waals surface area contributed by atoms with Crippen molar-refractivity contribution >= 4 is 5.97 Å². The number of ether oxygens (including phenoxy) is 1. The maximum absolute atomic E-state index is 13.6. The highest BCUT2D eigenvalue weighted by atomic mass is 19.4. The van der Waals surface area contributed by atoms with Crippen LogP contribution >= 0.6 is 0 Å². The van der Waals surface area contributed by atoms with Crippen LogP contribution in [-0.4, -0.2) is 15.6 Å². The molecular weight excluding hydrogens is 407 g/mol. The van der Waals surface area contributed by atoms with Crippen molar-refractivity contribution in [1.82, 2.24) is 4.57 Å². The standard InChI is InChI=1S/C24H24F3NO3/c1-15-4-8-19(9-5-15)28-13-12-20(24(25,26)27)21(28)14-31-22-10-6-18(7-11-23(29)30)16(2)17(22)3/h4-6,8-10,12-13H,7,11,14H2,1-3H3,(H,29,30). The molecule has 1 N–H and O–H groups in total. The fraction of sp³-hybridized carbons (Fsp3) is 0.292. The van der Waals surface area contributed by atoms with Crippen molar-refractivity contribution in [3.05, 3.63) is 82.2 Å². The van der Waals surface area contributed by atoms with Gasteiger partial charge in [-0.05, 0) is 68.1 Å². The van der Waals surface area contributed by atoms with Gasteiger partial charge in [0.05, 0.1) is 11.3 Å². The summed E-state index contributed by atoms with van der Waals surface area (Å²) in [6.07, 6.45) is -2.70. The van der Waals surface area contributed by atoms with E-state index in [4.69, 9.17) is 9.84 Å². The number of carboxylic acid groups (broad SMARTS) is 1. The van der Waals surface area contributed by atoms with Crippen molar-refractivity contribution < 1.29 is 27.8 Å². The molecule has 0 radical (unpaired) electrons. The highest BCUT2D eigenvalue weighted by Crippen LogP contribution is 2.35. The van der Waals surface area contributed by atoms with Gasteiger partial charge >= 0.3 is 12.1 Å². The number of hydrogen-bond donors (Lipinski definition) is 1. The lowest BCUT2D eigenvalue weighted by atomic mass is 9.99. The average molecular weight is 431 g/mol. The van der Waals surface area contributed by atoms with Gasteiger partial charge in [0, 0.05) is 18.3 Å². The largest absolute Gasteiger partial charge is 0.487 e. The van der Waals surface area contributed by atoms with Gasteiger partial charge in [0.1, 0.15) is 12.4 Å². The van der Waals surface area contributed by atoms with Gasteiger partial charge in [0.25, 0.3) is 0 Å². The summed E-state index contributed by atoms with van der Waals surface area (Å²) in [6.45, 7) is 5.33. The third-order valence-electron chi connectivity index (χ3n) is 5.43. The third kappa shape index (κ3) is 5.10. The molecule has 0 aliphatic carbocycles. The smallest absolute Gasteiger partial charge is 0.418 e. The van der Waals surface area contributed by atoms with Crippen LogP contribution in [0.2, 0.25) is 0 Å². The average Bonchev–Trinajstić information content (AvgIpc) is 3.13. The molecule has 1 heterocycles. The molecule has 7 heteroatoms. The minimum Gasteiger partial charge on any atom is -0.487 e. The van der Waals surface area contributed by atoms with E-state index in [0.29, 0.717) is 17.9 Å². The van der Waals surface area contributed by atoms with E-state index in [1.54, 1.807) is 24.3 Å². The summed E-state index contributed by atoms with van der Waals surface area (Å²) in [5.74, 6) is -0.407. The number of carboxylic acids is 1. The van der Waals surface area contributed by atoms with E-state index < -0.39 is 17.7 Å². The van der Waals surface area contributed by atoms with Crippen molar-refractivity contribution in [3.63, 3.8) is 0 Å². The van der Waals surface area contributed by atoms with Gasteiger partial charge < -0.3 is 14.4 Å². The fourth-order valence-corrected chi connectivity index (χ4v) is 3.48. The van der Waals surface area contributed by atoms with Crippen molar-refractivity contribution in [1.29, 1.82) is 0 Å². The van der Waals surface area contributed by atoms with Crippen molar-refractivity contribution in [2.24, 2.45) is 0 Å². The third-order valence-corrected chi connectivity index (χ3v) is 5.43. The Kier molecular flexibility index (Phi) is 6.43. The van der Waals surface area contributed by atoms with Crippen LogP contribution in [0.25, 0.3) is 5.69 Å². The Morgan fingerprint density at radius 1 is 1.00 bits per heavy atom. The van der Waals surface area contributed by atoms with Crippen LogP contribution in [-0.2, 0) is 24.0 Å². The van der Waals surface area contributed by atoms with Crippen LogP contribution in [0.3, 0.4) is 0 Å². The molecule has 0 fully saturated rings. The molecule has 3 aromatic rings. The molecule has 2 aromatic carbocycles. The number of aliphatic carboxylic acids is 1. The summed E-state index contributed by atoms with van der Waals surface area (Å²) in [5, 5.41) is 8.89. The number of benzene rings is 2. The van der Waals surface area contributed by atoms with Gasteiger partial charge in [0.15, 0.2) is 0 Å². The van der Waals surface area contributed by atoms with Crippen LogP contribution in [0.4, 0.5) is 13.2 Å². The zero-order valence-corrected chi connectivity index (χ0v) is 17.6. The summed E-state index contributed by atoms with van der Waals surface area (Å²) in [7, 11) is 0. The number of halogens is 3. The topological polar surface area (TPSA) is 51.5 Å². The maximum Gasteiger partial charge on any atom is 0.418 e. The maximum atomic E-state index is 13.6. The van der Waals surface area contributed by atoms with Gasteiger partial charge in [-0.3, -0.25) is 4.79 Å². The quantitative estimate of drug-likeness (QED) is 0.498. The Morgan fingerprint density at radius 3 is 2.29 bits per heavy atom. The van der Waals surface area contributed by atoms with Crippen LogP contribution in [0, 0.1) is 20.8 Å². The van der Waals surface area contributed by atoms with Crippen LogP contribution in [0.5, 0.6) is 5.75 Å². The molecule has 0 spiro atoms. The first kappa shape index (κ1) is 22.5. The second kappa shape index (κ2) is 8.88. The number of rotatable bonds is 7. The Morgan fingerprint density at radius 2 is 1.68 bits per heavy atom. The second-order valence-corrected chi connectivity index (χ2v) is 7.53. The van der Waals surface area contributed by atoms with Crippen LogP contribution in [0.1, 0.15) is 39.9 Å². The van der Waals surface area contributed by atoms with E-state index in [1.807, 2.05) is 32.9 Å². The van der Waals surface area contributed by atoms with Crippen molar-refractivity contribution in [3.8, 4) is 11.4 Å². The molecule has 3 rings (SSSR count). The van der Waals surface area contributed by atoms with Gasteiger partial charge in [0.2, 0.25) is 0 Å². The molecule has 4 nitrogen and oxygen atoms in total. The first-order valence-electron chi connectivity index (χ1n) is 9.86. The molecule has 164 valence electrons. The summed E-state index contributed by atoms with van der Waals surface area (Å²) in [5.41, 5.74) is 3.46. The highest BCUT2D eigenvalue weighted by Gasteiger charge is 2.35. The van der Waals surface area contributed by atoms with E-state index in [1.165, 1.54) is 10.8 Å². The minimum atomic E-state index is -4.50. The predicted molar refractivity (Wildman–Crippen MR) is 112 cm³/mol. The molecule has 0 unspecified atom stereocenters. The van der Waals surface area contributed by atoms with Crippen LogP contribution < -0.4 is 4.74 Å². The molecule has 0 bridgehead atoms. The highest BCUT2D eigenvalue weighted by molar-refractivity contribution is 5.67. The van der Waals surface area contributed by atoms with Gasteiger partial charge in [-0.15, -0.1) is 0 Å². The zero-order chi connectivity index (χ0) is 22.8. The van der Waals surface area contributed by atoms with E-state index in [-0.39, 0.29) is 18.7 Å². The monoisotopic (exact) mass is 431 g/mol. The first-order chi connectivity index (χ1) is 14.6. The minimum absolute atomic E-state index is 0.0134. The Labute approximate surface area is 178 Å². The zero-order valence-electron chi connectivity index (χ0n) is 17.6. The van der Waals surface area contributed by atoms with E-state index in [2.05, 4.69) is 0 Å². The molecule has 0 saturated heterocycles. The molecule has 0 aliphatic rings. The van der Waals surface area contributed by atoms with E-state index in [9.17, 15) is 18.0 Å². The summed E-state index contributed by atoms with van der Waals surface area (Å²) in [4.78, 5) is 10.8. The number of alkyl halides is 3. The van der Waals surface area contributed by atoms with Gasteiger partial charge in [-0.1, -0.05) is 23.8 Å². The Hall–Kier alpha value is -3.22. The second-order valence-electron chi connectivity index (χ2n) is 7.53.